The Morgan fingerprint density at radius 1 is 1.19 bits per heavy atom. The highest BCUT2D eigenvalue weighted by Gasteiger charge is 2.50. The molecule has 1 saturated carbocycles. The number of likely N-dealkylation sites (tertiary alicyclic amines) is 2. The van der Waals surface area contributed by atoms with Gasteiger partial charge in [0, 0.05) is 44.1 Å². The van der Waals surface area contributed by atoms with Crippen LogP contribution in [0.5, 0.6) is 0 Å². The SMILES string of the molecule is Cc1ccc(CC(=O)N2CC[C@@]3(CN(C)C[C@@H]3COCC3CC3)C2)cc1. The van der Waals surface area contributed by atoms with Crippen molar-refractivity contribution in [3.05, 3.63) is 35.4 Å². The summed E-state index contributed by atoms with van der Waals surface area (Å²) in [7, 11) is 2.21. The molecule has 26 heavy (non-hydrogen) atoms. The molecule has 2 saturated heterocycles. The highest BCUT2D eigenvalue weighted by molar-refractivity contribution is 5.79. The number of hydrogen-bond acceptors (Lipinski definition) is 3. The minimum Gasteiger partial charge on any atom is -0.381 e. The second-order valence-corrected chi connectivity index (χ2v) is 8.96. The van der Waals surface area contributed by atoms with Gasteiger partial charge in [0.15, 0.2) is 0 Å². The quantitative estimate of drug-likeness (QED) is 0.786. The molecule has 2 heterocycles. The zero-order valence-electron chi connectivity index (χ0n) is 16.2. The number of carbonyl (C=O) groups is 1. The molecule has 0 radical (unpaired) electrons. The molecule has 142 valence electrons. The summed E-state index contributed by atoms with van der Waals surface area (Å²) in [4.78, 5) is 17.4. The molecule has 2 atom stereocenters. The molecule has 1 spiro atoms. The fourth-order valence-corrected chi connectivity index (χ4v) is 4.76. The molecule has 0 unspecified atom stereocenters. The lowest BCUT2D eigenvalue weighted by molar-refractivity contribution is -0.130. The number of aryl methyl sites for hydroxylation is 1. The minimum atomic E-state index is 0.237. The van der Waals surface area contributed by atoms with Crippen LogP contribution in [0, 0.1) is 24.2 Å². The lowest BCUT2D eigenvalue weighted by Crippen LogP contribution is -2.38. The van der Waals surface area contributed by atoms with Crippen molar-refractivity contribution in [2.75, 3.05) is 46.4 Å². The van der Waals surface area contributed by atoms with E-state index in [4.69, 9.17) is 4.74 Å². The van der Waals surface area contributed by atoms with E-state index in [9.17, 15) is 4.79 Å². The van der Waals surface area contributed by atoms with Crippen molar-refractivity contribution >= 4 is 5.91 Å². The molecule has 0 aromatic heterocycles. The van der Waals surface area contributed by atoms with Crippen molar-refractivity contribution in [2.45, 2.75) is 32.6 Å². The summed E-state index contributed by atoms with van der Waals surface area (Å²) in [5, 5.41) is 0. The summed E-state index contributed by atoms with van der Waals surface area (Å²) >= 11 is 0. The van der Waals surface area contributed by atoms with E-state index in [-0.39, 0.29) is 11.3 Å². The van der Waals surface area contributed by atoms with Crippen LogP contribution < -0.4 is 0 Å². The fourth-order valence-electron chi connectivity index (χ4n) is 4.76. The molecule has 4 heteroatoms. The van der Waals surface area contributed by atoms with Gasteiger partial charge in [0.1, 0.15) is 0 Å². The molecule has 0 N–H and O–H groups in total. The van der Waals surface area contributed by atoms with Crippen LogP contribution in [0.1, 0.15) is 30.4 Å². The monoisotopic (exact) mass is 356 g/mol. The first-order chi connectivity index (χ1) is 12.5. The van der Waals surface area contributed by atoms with Gasteiger partial charge in [0.2, 0.25) is 5.91 Å². The van der Waals surface area contributed by atoms with Crippen LogP contribution in [0.3, 0.4) is 0 Å². The zero-order valence-corrected chi connectivity index (χ0v) is 16.2. The Balaban J connectivity index is 1.35. The number of hydrogen-bond donors (Lipinski definition) is 0. The highest BCUT2D eigenvalue weighted by atomic mass is 16.5. The molecule has 4 nitrogen and oxygen atoms in total. The Bertz CT molecular complexity index is 640. The first-order valence-corrected chi connectivity index (χ1v) is 10.1. The summed E-state index contributed by atoms with van der Waals surface area (Å²) in [5.74, 6) is 1.66. The van der Waals surface area contributed by atoms with Crippen molar-refractivity contribution in [2.24, 2.45) is 17.3 Å². The number of nitrogens with zero attached hydrogens (tertiary/aromatic N) is 2. The Morgan fingerprint density at radius 3 is 2.69 bits per heavy atom. The average Bonchev–Trinajstić information content (AvgIpc) is 3.26. The first-order valence-electron chi connectivity index (χ1n) is 10.1. The fraction of sp³-hybridized carbons (Fsp3) is 0.682. The smallest absolute Gasteiger partial charge is 0.227 e. The Labute approximate surface area is 157 Å². The van der Waals surface area contributed by atoms with Crippen LogP contribution in [0.15, 0.2) is 24.3 Å². The van der Waals surface area contributed by atoms with E-state index >= 15 is 0 Å². The second kappa shape index (κ2) is 7.32. The predicted octanol–water partition coefficient (Wildman–Crippen LogP) is 2.74. The van der Waals surface area contributed by atoms with Crippen molar-refractivity contribution in [1.82, 2.24) is 9.80 Å². The molecular weight excluding hydrogens is 324 g/mol. The molecule has 1 amide bonds. The van der Waals surface area contributed by atoms with Gasteiger partial charge in [0.25, 0.3) is 0 Å². The van der Waals surface area contributed by atoms with Crippen molar-refractivity contribution in [3.8, 4) is 0 Å². The molecule has 3 fully saturated rings. The van der Waals surface area contributed by atoms with Gasteiger partial charge in [0.05, 0.1) is 13.0 Å². The van der Waals surface area contributed by atoms with Gasteiger partial charge in [-0.1, -0.05) is 29.8 Å². The van der Waals surface area contributed by atoms with E-state index in [2.05, 4.69) is 48.0 Å². The van der Waals surface area contributed by atoms with E-state index < -0.39 is 0 Å². The molecule has 3 aliphatic rings. The molecule has 1 aliphatic carbocycles. The van der Waals surface area contributed by atoms with Crippen LogP contribution in [-0.4, -0.2) is 62.1 Å². The van der Waals surface area contributed by atoms with Gasteiger partial charge in [-0.2, -0.15) is 0 Å². The van der Waals surface area contributed by atoms with Crippen LogP contribution in [0.4, 0.5) is 0 Å². The lowest BCUT2D eigenvalue weighted by atomic mass is 9.77. The molecule has 2 aliphatic heterocycles. The summed E-state index contributed by atoms with van der Waals surface area (Å²) in [6.07, 6.45) is 4.33. The summed E-state index contributed by atoms with van der Waals surface area (Å²) in [5.41, 5.74) is 2.60. The van der Waals surface area contributed by atoms with Crippen molar-refractivity contribution in [3.63, 3.8) is 0 Å². The van der Waals surface area contributed by atoms with Gasteiger partial charge in [-0.25, -0.2) is 0 Å². The van der Waals surface area contributed by atoms with Gasteiger partial charge >= 0.3 is 0 Å². The molecule has 4 rings (SSSR count). The standard InChI is InChI=1S/C22H32N2O2/c1-17-3-5-18(6-4-17)11-21(25)24-10-9-22(16-24)15-23(2)12-20(22)14-26-13-19-7-8-19/h3-6,19-20H,7-16H2,1-2H3/t20-,22-/m1/s1. The minimum absolute atomic E-state index is 0.237. The maximum absolute atomic E-state index is 12.8. The van der Waals surface area contributed by atoms with E-state index in [0.717, 1.165) is 57.3 Å². The third-order valence-electron chi connectivity index (χ3n) is 6.57. The molecule has 0 bridgehead atoms. The normalized spacial score (nSPS) is 29.0. The van der Waals surface area contributed by atoms with Gasteiger partial charge in [-0.3, -0.25) is 4.79 Å². The topological polar surface area (TPSA) is 32.8 Å². The highest BCUT2D eigenvalue weighted by Crippen LogP contribution is 2.44. The summed E-state index contributed by atoms with van der Waals surface area (Å²) < 4.78 is 6.05. The first kappa shape index (κ1) is 18.0. The van der Waals surface area contributed by atoms with E-state index in [0.29, 0.717) is 12.3 Å². The van der Waals surface area contributed by atoms with Crippen LogP contribution in [0.25, 0.3) is 0 Å². The van der Waals surface area contributed by atoms with Gasteiger partial charge < -0.3 is 14.5 Å². The predicted molar refractivity (Wildman–Crippen MR) is 103 cm³/mol. The number of benzene rings is 1. The summed E-state index contributed by atoms with van der Waals surface area (Å²) in [6.45, 7) is 7.88. The summed E-state index contributed by atoms with van der Waals surface area (Å²) in [6, 6.07) is 8.34. The van der Waals surface area contributed by atoms with Crippen LogP contribution in [-0.2, 0) is 16.0 Å². The maximum atomic E-state index is 12.8. The third-order valence-corrected chi connectivity index (χ3v) is 6.57. The number of amides is 1. The van der Waals surface area contributed by atoms with Crippen LogP contribution in [0.2, 0.25) is 0 Å². The molecule has 1 aromatic rings. The third kappa shape index (κ3) is 3.96. The second-order valence-electron chi connectivity index (χ2n) is 8.96. The van der Waals surface area contributed by atoms with E-state index in [1.54, 1.807) is 0 Å². The molecule has 1 aromatic carbocycles. The number of carbonyl (C=O) groups excluding carboxylic acids is 1. The number of rotatable bonds is 6. The number of ether oxygens (including phenoxy) is 1. The van der Waals surface area contributed by atoms with Crippen molar-refractivity contribution in [1.29, 1.82) is 0 Å². The Morgan fingerprint density at radius 2 is 1.96 bits per heavy atom. The maximum Gasteiger partial charge on any atom is 0.227 e. The largest absolute Gasteiger partial charge is 0.381 e. The molecular formula is C22H32N2O2. The van der Waals surface area contributed by atoms with Crippen LogP contribution >= 0.6 is 0 Å². The van der Waals surface area contributed by atoms with E-state index in [1.165, 1.54) is 18.4 Å². The van der Waals surface area contributed by atoms with E-state index in [1.807, 2.05) is 0 Å². The Hall–Kier alpha value is -1.39. The Kier molecular flexibility index (Phi) is 5.07. The van der Waals surface area contributed by atoms with Gasteiger partial charge in [-0.05, 0) is 44.7 Å². The van der Waals surface area contributed by atoms with Crippen molar-refractivity contribution < 1.29 is 9.53 Å². The lowest BCUT2D eigenvalue weighted by Gasteiger charge is -2.30. The average molecular weight is 357 g/mol. The zero-order chi connectivity index (χ0) is 18.1. The van der Waals surface area contributed by atoms with Gasteiger partial charge in [-0.15, -0.1) is 0 Å².